The lowest BCUT2D eigenvalue weighted by atomic mass is 10.1. The van der Waals surface area contributed by atoms with Crippen LogP contribution in [0, 0.1) is 0 Å². The van der Waals surface area contributed by atoms with Gasteiger partial charge in [0, 0.05) is 41.7 Å². The lowest BCUT2D eigenvalue weighted by Crippen LogP contribution is -2.20. The summed E-state index contributed by atoms with van der Waals surface area (Å²) < 4.78 is 5.48. The van der Waals surface area contributed by atoms with Gasteiger partial charge in [-0.1, -0.05) is 12.1 Å². The largest absolute Gasteiger partial charge is 0.496 e. The van der Waals surface area contributed by atoms with Gasteiger partial charge < -0.3 is 9.64 Å². The fourth-order valence-corrected chi connectivity index (χ4v) is 3.93. The van der Waals surface area contributed by atoms with Crippen LogP contribution in [-0.2, 0) is 0 Å². The Morgan fingerprint density at radius 1 is 1.19 bits per heavy atom. The summed E-state index contributed by atoms with van der Waals surface area (Å²) in [5.74, 6) is 0.766. The topological polar surface area (TPSA) is 71.1 Å². The fourth-order valence-electron chi connectivity index (χ4n) is 2.92. The van der Waals surface area contributed by atoms with Crippen molar-refractivity contribution in [3.8, 4) is 27.4 Å². The summed E-state index contributed by atoms with van der Waals surface area (Å²) in [4.78, 5) is 19.9. The third-order valence-corrected chi connectivity index (χ3v) is 5.42. The van der Waals surface area contributed by atoms with E-state index in [2.05, 4.69) is 15.2 Å². The second kappa shape index (κ2) is 6.85. The molecule has 0 saturated carbocycles. The molecule has 3 aromatic heterocycles. The molecule has 27 heavy (non-hydrogen) atoms. The Balaban J connectivity index is 1.80. The van der Waals surface area contributed by atoms with E-state index in [1.807, 2.05) is 42.5 Å². The first-order chi connectivity index (χ1) is 13.1. The number of hydrogen-bond acceptors (Lipinski definition) is 5. The Labute approximate surface area is 160 Å². The van der Waals surface area contributed by atoms with Gasteiger partial charge in [-0.3, -0.25) is 9.89 Å². The van der Waals surface area contributed by atoms with Crippen molar-refractivity contribution in [3.63, 3.8) is 0 Å². The van der Waals surface area contributed by atoms with Crippen molar-refractivity contribution in [1.82, 2.24) is 20.1 Å². The number of aromatic amines is 1. The summed E-state index contributed by atoms with van der Waals surface area (Å²) in [5, 5.41) is 8.29. The first-order valence-electron chi connectivity index (χ1n) is 8.38. The molecule has 4 rings (SSSR count). The second-order valence-electron chi connectivity index (χ2n) is 6.26. The van der Waals surface area contributed by atoms with Crippen molar-refractivity contribution in [2.24, 2.45) is 0 Å². The Morgan fingerprint density at radius 2 is 2.00 bits per heavy atom. The number of hydrogen-bond donors (Lipinski definition) is 1. The van der Waals surface area contributed by atoms with Gasteiger partial charge in [0.25, 0.3) is 5.91 Å². The van der Waals surface area contributed by atoms with E-state index in [1.165, 1.54) is 11.3 Å². The Hall–Kier alpha value is -3.19. The molecule has 7 heteroatoms. The van der Waals surface area contributed by atoms with Crippen LogP contribution in [0.3, 0.4) is 0 Å². The average molecular weight is 378 g/mol. The van der Waals surface area contributed by atoms with Crippen LogP contribution in [-0.4, -0.2) is 47.2 Å². The van der Waals surface area contributed by atoms with Gasteiger partial charge in [-0.15, -0.1) is 11.3 Å². The molecule has 0 aliphatic rings. The van der Waals surface area contributed by atoms with Gasteiger partial charge in [0.2, 0.25) is 0 Å². The third-order valence-electron chi connectivity index (χ3n) is 4.29. The number of carbonyl (C=O) groups is 1. The molecule has 0 radical (unpaired) electrons. The van der Waals surface area contributed by atoms with Crippen LogP contribution in [0.25, 0.3) is 32.7 Å². The number of rotatable bonds is 4. The van der Waals surface area contributed by atoms with Crippen LogP contribution in [0.1, 0.15) is 9.67 Å². The number of aromatic nitrogens is 3. The van der Waals surface area contributed by atoms with E-state index in [-0.39, 0.29) is 5.91 Å². The summed E-state index contributed by atoms with van der Waals surface area (Å²) in [6.07, 6.45) is 1.78. The quantitative estimate of drug-likeness (QED) is 0.581. The third kappa shape index (κ3) is 3.06. The van der Waals surface area contributed by atoms with Gasteiger partial charge in [0.05, 0.1) is 17.7 Å². The summed E-state index contributed by atoms with van der Waals surface area (Å²) in [6.45, 7) is 0. The normalized spacial score (nSPS) is 10.9. The fraction of sp³-hybridized carbons (Fsp3) is 0.150. The van der Waals surface area contributed by atoms with Gasteiger partial charge in [-0.05, 0) is 30.3 Å². The molecule has 0 fully saturated rings. The SMILES string of the molecule is COc1ccccc1-c1[nH]nc2ncc(-c3ccc(C(=O)N(C)C)s3)cc12. The van der Waals surface area contributed by atoms with E-state index >= 15 is 0 Å². The molecular formula is C20H18N4O2S. The molecule has 3 heterocycles. The molecule has 0 atom stereocenters. The number of methoxy groups -OCH3 is 1. The van der Waals surface area contributed by atoms with Crippen LogP contribution < -0.4 is 4.74 Å². The minimum atomic E-state index is -0.00157. The molecule has 136 valence electrons. The van der Waals surface area contributed by atoms with Crippen molar-refractivity contribution < 1.29 is 9.53 Å². The van der Waals surface area contributed by atoms with E-state index in [1.54, 1.807) is 32.3 Å². The first kappa shape index (κ1) is 17.2. The zero-order chi connectivity index (χ0) is 19.0. The number of para-hydroxylation sites is 1. The zero-order valence-corrected chi connectivity index (χ0v) is 16.0. The van der Waals surface area contributed by atoms with Crippen LogP contribution in [0.15, 0.2) is 48.7 Å². The highest BCUT2D eigenvalue weighted by molar-refractivity contribution is 7.17. The van der Waals surface area contributed by atoms with Gasteiger partial charge in [0.15, 0.2) is 5.65 Å². The standard InChI is InChI=1S/C20H18N4O2S/c1-24(2)20(25)17-9-8-16(27-17)12-10-14-18(22-23-19(14)21-11-12)13-6-4-5-7-15(13)26-3/h4-11H,1-3H3,(H,21,22,23). The smallest absolute Gasteiger partial charge is 0.263 e. The summed E-state index contributed by atoms with van der Waals surface area (Å²) in [7, 11) is 5.15. The van der Waals surface area contributed by atoms with Gasteiger partial charge in [0.1, 0.15) is 5.75 Å². The van der Waals surface area contributed by atoms with E-state index in [0.717, 1.165) is 32.8 Å². The lowest BCUT2D eigenvalue weighted by molar-refractivity contribution is 0.0832. The molecule has 1 aromatic carbocycles. The molecule has 1 N–H and O–H groups in total. The number of benzene rings is 1. The maximum Gasteiger partial charge on any atom is 0.263 e. The second-order valence-corrected chi connectivity index (χ2v) is 7.34. The van der Waals surface area contributed by atoms with Crippen molar-refractivity contribution in [1.29, 1.82) is 0 Å². The number of carbonyl (C=O) groups excluding carboxylic acids is 1. The first-order valence-corrected chi connectivity index (χ1v) is 9.19. The van der Waals surface area contributed by atoms with Gasteiger partial charge >= 0.3 is 0 Å². The van der Waals surface area contributed by atoms with E-state index in [9.17, 15) is 4.79 Å². The summed E-state index contributed by atoms with van der Waals surface area (Å²) >= 11 is 1.46. The molecule has 6 nitrogen and oxygen atoms in total. The predicted octanol–water partition coefficient (Wildman–Crippen LogP) is 4.06. The van der Waals surface area contributed by atoms with Crippen molar-refractivity contribution in [2.45, 2.75) is 0 Å². The van der Waals surface area contributed by atoms with Crippen LogP contribution in [0.2, 0.25) is 0 Å². The molecule has 0 aliphatic heterocycles. The van der Waals surface area contributed by atoms with Crippen molar-refractivity contribution >= 4 is 28.3 Å². The monoisotopic (exact) mass is 378 g/mol. The maximum atomic E-state index is 12.2. The van der Waals surface area contributed by atoms with E-state index in [4.69, 9.17) is 4.74 Å². The van der Waals surface area contributed by atoms with E-state index in [0.29, 0.717) is 10.5 Å². The number of amides is 1. The van der Waals surface area contributed by atoms with Crippen molar-refractivity contribution in [2.75, 3.05) is 21.2 Å². The number of H-pyrrole nitrogens is 1. The van der Waals surface area contributed by atoms with Gasteiger partial charge in [-0.25, -0.2) is 4.98 Å². The maximum absolute atomic E-state index is 12.2. The molecule has 4 aromatic rings. The average Bonchev–Trinajstić information content (AvgIpc) is 3.34. The molecular weight excluding hydrogens is 360 g/mol. The Morgan fingerprint density at radius 3 is 2.78 bits per heavy atom. The molecule has 1 amide bonds. The highest BCUT2D eigenvalue weighted by Crippen LogP contribution is 2.35. The Kier molecular flexibility index (Phi) is 4.37. The van der Waals surface area contributed by atoms with Gasteiger partial charge in [-0.2, -0.15) is 5.10 Å². The van der Waals surface area contributed by atoms with Crippen LogP contribution >= 0.6 is 11.3 Å². The number of ether oxygens (including phenoxy) is 1. The van der Waals surface area contributed by atoms with Crippen LogP contribution in [0.5, 0.6) is 5.75 Å². The molecule has 0 saturated heterocycles. The zero-order valence-electron chi connectivity index (χ0n) is 15.2. The van der Waals surface area contributed by atoms with Crippen molar-refractivity contribution in [3.05, 3.63) is 53.5 Å². The highest BCUT2D eigenvalue weighted by Gasteiger charge is 2.16. The highest BCUT2D eigenvalue weighted by atomic mass is 32.1. The molecule has 0 bridgehead atoms. The lowest BCUT2D eigenvalue weighted by Gasteiger charge is -2.07. The van der Waals surface area contributed by atoms with E-state index < -0.39 is 0 Å². The number of nitrogens with one attached hydrogen (secondary N) is 1. The minimum absolute atomic E-state index is 0.00157. The molecule has 0 aliphatic carbocycles. The minimum Gasteiger partial charge on any atom is -0.496 e. The number of pyridine rings is 1. The molecule has 0 unspecified atom stereocenters. The number of fused-ring (bicyclic) bond motifs is 1. The summed E-state index contributed by atoms with van der Waals surface area (Å²) in [5.41, 5.74) is 3.37. The molecule has 0 spiro atoms. The Bertz CT molecular complexity index is 1130. The summed E-state index contributed by atoms with van der Waals surface area (Å²) in [6, 6.07) is 13.6. The predicted molar refractivity (Wildman–Crippen MR) is 107 cm³/mol. The number of nitrogens with zero attached hydrogens (tertiary/aromatic N) is 3. The number of thiophene rings is 1. The van der Waals surface area contributed by atoms with Crippen LogP contribution in [0.4, 0.5) is 0 Å².